The molecular weight excluding hydrogens is 299 g/mol. The fraction of sp³-hybridized carbons (Fsp3) is 0.588. The van der Waals surface area contributed by atoms with Gasteiger partial charge in [0.1, 0.15) is 0 Å². The molecule has 2 N–H and O–H groups in total. The Balaban J connectivity index is 1.70. The highest BCUT2D eigenvalue weighted by Crippen LogP contribution is 2.35. The van der Waals surface area contributed by atoms with Gasteiger partial charge in [0, 0.05) is 18.2 Å². The van der Waals surface area contributed by atoms with E-state index in [9.17, 15) is 9.18 Å². The summed E-state index contributed by atoms with van der Waals surface area (Å²) in [6.45, 7) is 0. The number of carbonyl (C=O) groups excluding carboxylic acids is 1. The summed E-state index contributed by atoms with van der Waals surface area (Å²) in [5.74, 6) is 0.525. The third-order valence-electron chi connectivity index (χ3n) is 4.91. The second kappa shape index (κ2) is 6.74. The number of ether oxygens (including phenoxy) is 2. The summed E-state index contributed by atoms with van der Waals surface area (Å²) < 4.78 is 24.3. The van der Waals surface area contributed by atoms with Crippen LogP contribution in [0.3, 0.4) is 0 Å². The van der Waals surface area contributed by atoms with Crippen LogP contribution in [-0.2, 0) is 4.79 Å². The van der Waals surface area contributed by atoms with Crippen LogP contribution in [0.4, 0.5) is 10.1 Å². The van der Waals surface area contributed by atoms with Crippen LogP contribution in [0.25, 0.3) is 0 Å². The molecule has 3 unspecified atom stereocenters. The Labute approximate surface area is 135 Å². The molecule has 1 amide bonds. The van der Waals surface area contributed by atoms with E-state index in [0.29, 0.717) is 23.5 Å². The Bertz CT molecular complexity index is 579. The maximum absolute atomic E-state index is 14.1. The molecule has 23 heavy (non-hydrogen) atoms. The SMILES string of the molecule is COc1cc(F)c(NC(=O)C2CC3CCCCC3N2)cc1OC. The molecule has 1 aliphatic carbocycles. The van der Waals surface area contributed by atoms with E-state index in [0.717, 1.165) is 12.8 Å². The van der Waals surface area contributed by atoms with E-state index in [-0.39, 0.29) is 17.6 Å². The third kappa shape index (κ3) is 3.27. The summed E-state index contributed by atoms with van der Waals surface area (Å²) in [5, 5.41) is 6.07. The first-order valence-electron chi connectivity index (χ1n) is 8.10. The molecule has 1 heterocycles. The molecule has 3 atom stereocenters. The number of carbonyl (C=O) groups is 1. The number of benzene rings is 1. The molecule has 1 saturated carbocycles. The Morgan fingerprint density at radius 2 is 1.91 bits per heavy atom. The van der Waals surface area contributed by atoms with Crippen LogP contribution in [0.1, 0.15) is 32.1 Å². The maximum atomic E-state index is 14.1. The van der Waals surface area contributed by atoms with Gasteiger partial charge in [-0.3, -0.25) is 4.79 Å². The smallest absolute Gasteiger partial charge is 0.241 e. The fourth-order valence-corrected chi connectivity index (χ4v) is 3.69. The van der Waals surface area contributed by atoms with Crippen molar-refractivity contribution >= 4 is 11.6 Å². The molecule has 0 bridgehead atoms. The highest BCUT2D eigenvalue weighted by molar-refractivity contribution is 5.95. The lowest BCUT2D eigenvalue weighted by Crippen LogP contribution is -2.40. The molecular formula is C17H23FN2O3. The van der Waals surface area contributed by atoms with E-state index in [2.05, 4.69) is 10.6 Å². The largest absolute Gasteiger partial charge is 0.493 e. The number of amides is 1. The normalized spacial score (nSPS) is 26.5. The first kappa shape index (κ1) is 16.1. The fourth-order valence-electron chi connectivity index (χ4n) is 3.69. The molecule has 0 aromatic heterocycles. The van der Waals surface area contributed by atoms with Gasteiger partial charge in [0.05, 0.1) is 25.9 Å². The van der Waals surface area contributed by atoms with Crippen LogP contribution in [0.5, 0.6) is 11.5 Å². The molecule has 5 nitrogen and oxygen atoms in total. The zero-order valence-electron chi connectivity index (χ0n) is 13.5. The Morgan fingerprint density at radius 1 is 1.22 bits per heavy atom. The van der Waals surface area contributed by atoms with Gasteiger partial charge in [0.15, 0.2) is 17.3 Å². The Kier molecular flexibility index (Phi) is 4.71. The average Bonchev–Trinajstić information content (AvgIpc) is 3.00. The van der Waals surface area contributed by atoms with Crippen molar-refractivity contribution in [1.82, 2.24) is 5.32 Å². The predicted octanol–water partition coefficient (Wildman–Crippen LogP) is 2.70. The monoisotopic (exact) mass is 322 g/mol. The van der Waals surface area contributed by atoms with E-state index in [1.54, 1.807) is 0 Å². The maximum Gasteiger partial charge on any atom is 0.241 e. The summed E-state index contributed by atoms with van der Waals surface area (Å²) in [4.78, 5) is 12.5. The zero-order valence-corrected chi connectivity index (χ0v) is 13.5. The summed E-state index contributed by atoms with van der Waals surface area (Å²) in [6.07, 6.45) is 5.57. The standard InChI is InChI=1S/C17H23FN2O3/c1-22-15-8-11(18)13(9-16(15)23-2)20-17(21)14-7-10-5-3-4-6-12(10)19-14/h8-10,12,14,19H,3-7H2,1-2H3,(H,20,21). The van der Waals surface area contributed by atoms with Crippen molar-refractivity contribution in [1.29, 1.82) is 0 Å². The number of methoxy groups -OCH3 is 2. The van der Waals surface area contributed by atoms with Crippen molar-refractivity contribution in [3.63, 3.8) is 0 Å². The highest BCUT2D eigenvalue weighted by atomic mass is 19.1. The van der Waals surface area contributed by atoms with E-state index >= 15 is 0 Å². The second-order valence-corrected chi connectivity index (χ2v) is 6.28. The van der Waals surface area contributed by atoms with Gasteiger partial charge in [0.2, 0.25) is 5.91 Å². The minimum Gasteiger partial charge on any atom is -0.493 e. The number of rotatable bonds is 4. The number of hydrogen-bond donors (Lipinski definition) is 2. The molecule has 0 spiro atoms. The lowest BCUT2D eigenvalue weighted by molar-refractivity contribution is -0.117. The molecule has 1 saturated heterocycles. The van der Waals surface area contributed by atoms with Crippen molar-refractivity contribution in [2.45, 2.75) is 44.2 Å². The summed E-state index contributed by atoms with van der Waals surface area (Å²) >= 11 is 0. The predicted molar refractivity (Wildman–Crippen MR) is 85.4 cm³/mol. The van der Waals surface area contributed by atoms with Gasteiger partial charge >= 0.3 is 0 Å². The summed E-state index contributed by atoms with van der Waals surface area (Å²) in [7, 11) is 2.92. The molecule has 1 aromatic carbocycles. The lowest BCUT2D eigenvalue weighted by Gasteiger charge is -2.24. The second-order valence-electron chi connectivity index (χ2n) is 6.28. The molecule has 6 heteroatoms. The first-order valence-corrected chi connectivity index (χ1v) is 8.10. The Morgan fingerprint density at radius 3 is 2.61 bits per heavy atom. The van der Waals surface area contributed by atoms with Crippen LogP contribution >= 0.6 is 0 Å². The number of hydrogen-bond acceptors (Lipinski definition) is 4. The summed E-state index contributed by atoms with van der Waals surface area (Å²) in [5.41, 5.74) is 0.115. The quantitative estimate of drug-likeness (QED) is 0.895. The molecule has 2 fully saturated rings. The van der Waals surface area contributed by atoms with Crippen LogP contribution in [0.2, 0.25) is 0 Å². The van der Waals surface area contributed by atoms with Gasteiger partial charge in [-0.05, 0) is 25.2 Å². The molecule has 2 aliphatic rings. The zero-order chi connectivity index (χ0) is 16.4. The van der Waals surface area contributed by atoms with E-state index < -0.39 is 5.82 Å². The van der Waals surface area contributed by atoms with Gasteiger partial charge in [-0.15, -0.1) is 0 Å². The van der Waals surface area contributed by atoms with Gasteiger partial charge in [-0.25, -0.2) is 4.39 Å². The highest BCUT2D eigenvalue weighted by Gasteiger charge is 2.38. The van der Waals surface area contributed by atoms with E-state index in [1.165, 1.54) is 45.6 Å². The van der Waals surface area contributed by atoms with Crippen LogP contribution in [0, 0.1) is 11.7 Å². The lowest BCUT2D eigenvalue weighted by atomic mass is 9.85. The molecule has 126 valence electrons. The summed E-state index contributed by atoms with van der Waals surface area (Å²) in [6, 6.07) is 2.84. The minimum absolute atomic E-state index is 0.115. The number of halogens is 1. The third-order valence-corrected chi connectivity index (χ3v) is 4.91. The number of nitrogens with one attached hydrogen (secondary N) is 2. The molecule has 1 aromatic rings. The van der Waals surface area contributed by atoms with Gasteiger partial charge in [-0.1, -0.05) is 12.8 Å². The molecule has 3 rings (SSSR count). The average molecular weight is 322 g/mol. The number of fused-ring (bicyclic) bond motifs is 1. The van der Waals surface area contributed by atoms with E-state index in [4.69, 9.17) is 9.47 Å². The van der Waals surface area contributed by atoms with Crippen molar-refractivity contribution in [3.05, 3.63) is 17.9 Å². The van der Waals surface area contributed by atoms with Gasteiger partial charge in [0.25, 0.3) is 0 Å². The van der Waals surface area contributed by atoms with Crippen molar-refractivity contribution in [3.8, 4) is 11.5 Å². The Hall–Kier alpha value is -1.82. The van der Waals surface area contributed by atoms with E-state index in [1.807, 2.05) is 0 Å². The van der Waals surface area contributed by atoms with Crippen LogP contribution < -0.4 is 20.1 Å². The van der Waals surface area contributed by atoms with Crippen molar-refractivity contribution in [2.24, 2.45) is 5.92 Å². The van der Waals surface area contributed by atoms with Gasteiger partial charge in [-0.2, -0.15) is 0 Å². The topological polar surface area (TPSA) is 59.6 Å². The molecule has 1 aliphatic heterocycles. The van der Waals surface area contributed by atoms with Crippen molar-refractivity contribution in [2.75, 3.05) is 19.5 Å². The number of anilines is 1. The first-order chi connectivity index (χ1) is 11.1. The van der Waals surface area contributed by atoms with Crippen LogP contribution in [0.15, 0.2) is 12.1 Å². The molecule has 0 radical (unpaired) electrons. The van der Waals surface area contributed by atoms with Crippen LogP contribution in [-0.4, -0.2) is 32.2 Å². The minimum atomic E-state index is -0.536. The van der Waals surface area contributed by atoms with Crippen molar-refractivity contribution < 1.29 is 18.7 Å². The van der Waals surface area contributed by atoms with Gasteiger partial charge < -0.3 is 20.1 Å².